The summed E-state index contributed by atoms with van der Waals surface area (Å²) in [6, 6.07) is 11.5. The van der Waals surface area contributed by atoms with Gasteiger partial charge in [-0.1, -0.05) is 24.6 Å². The van der Waals surface area contributed by atoms with Crippen LogP contribution < -0.4 is 15.6 Å². The lowest BCUT2D eigenvalue weighted by Crippen LogP contribution is -2.22. The van der Waals surface area contributed by atoms with Crippen molar-refractivity contribution in [2.24, 2.45) is 7.05 Å². The smallest absolute Gasteiger partial charge is 0.261 e. The molecule has 0 radical (unpaired) electrons. The van der Waals surface area contributed by atoms with Crippen LogP contribution in [0.2, 0.25) is 5.02 Å². The van der Waals surface area contributed by atoms with Gasteiger partial charge in [0.15, 0.2) is 0 Å². The highest BCUT2D eigenvalue weighted by molar-refractivity contribution is 7.21. The van der Waals surface area contributed by atoms with Crippen LogP contribution in [0.1, 0.15) is 39.7 Å². The third kappa shape index (κ3) is 4.74. The summed E-state index contributed by atoms with van der Waals surface area (Å²) in [7, 11) is 1.73. The van der Waals surface area contributed by atoms with Gasteiger partial charge in [0.2, 0.25) is 0 Å². The van der Waals surface area contributed by atoms with Gasteiger partial charge in [0.1, 0.15) is 11.5 Å². The molecule has 2 heterocycles. The highest BCUT2D eigenvalue weighted by Gasteiger charge is 2.18. The van der Waals surface area contributed by atoms with Crippen LogP contribution in [0.4, 0.5) is 0 Å². The minimum absolute atomic E-state index is 0.124. The number of thiophene rings is 1. The lowest BCUT2D eigenvalue weighted by Gasteiger charge is -2.15. The van der Waals surface area contributed by atoms with E-state index >= 15 is 0 Å². The molecule has 34 heavy (non-hydrogen) atoms. The maximum Gasteiger partial charge on any atom is 0.261 e. The molecule has 0 spiro atoms. The van der Waals surface area contributed by atoms with Crippen LogP contribution in [0, 0.1) is 20.8 Å². The molecule has 1 N–H and O–H groups in total. The van der Waals surface area contributed by atoms with E-state index in [0.717, 1.165) is 44.7 Å². The second-order valence-electron chi connectivity index (χ2n) is 8.57. The van der Waals surface area contributed by atoms with Crippen molar-refractivity contribution in [3.8, 4) is 22.6 Å². The van der Waals surface area contributed by atoms with Crippen molar-refractivity contribution in [2.45, 2.75) is 34.1 Å². The minimum Gasteiger partial charge on any atom is -0.457 e. The van der Waals surface area contributed by atoms with E-state index in [2.05, 4.69) is 11.4 Å². The first-order chi connectivity index (χ1) is 16.2. The Bertz CT molecular complexity index is 1450. The van der Waals surface area contributed by atoms with Crippen molar-refractivity contribution in [1.82, 2.24) is 9.88 Å². The summed E-state index contributed by atoms with van der Waals surface area (Å²) in [6.45, 7) is 8.55. The van der Waals surface area contributed by atoms with E-state index in [1.807, 2.05) is 58.2 Å². The van der Waals surface area contributed by atoms with Crippen LogP contribution in [0.3, 0.4) is 0 Å². The van der Waals surface area contributed by atoms with Crippen LogP contribution in [-0.4, -0.2) is 17.0 Å². The molecule has 0 saturated carbocycles. The van der Waals surface area contributed by atoms with Crippen LogP contribution in [0.5, 0.6) is 11.5 Å². The standard InChI is InChI=1S/C27H27ClN2O3S/c1-6-7-29-26(31)23-13-21-25(34-23)22(14-30(5)27(21)32)18-8-15(2)9-20(12-18)33-24-16(3)10-19(28)11-17(24)4/h8-14H,6-7H2,1-5H3,(H,29,31). The molecule has 4 aromatic rings. The zero-order valence-corrected chi connectivity index (χ0v) is 21.5. The average Bonchev–Trinajstić information content (AvgIpc) is 3.22. The first-order valence-corrected chi connectivity index (χ1v) is 12.4. The summed E-state index contributed by atoms with van der Waals surface area (Å²) in [5, 5.41) is 4.11. The number of nitrogens with zero attached hydrogens (tertiary/aromatic N) is 1. The van der Waals surface area contributed by atoms with E-state index in [9.17, 15) is 9.59 Å². The molecule has 0 aliphatic carbocycles. The van der Waals surface area contributed by atoms with Crippen molar-refractivity contribution >= 4 is 38.9 Å². The Balaban J connectivity index is 1.82. The number of carbonyl (C=O) groups is 1. The summed E-state index contributed by atoms with van der Waals surface area (Å²) in [6.07, 6.45) is 2.68. The SMILES string of the molecule is CCCNC(=O)c1cc2c(=O)n(C)cc(-c3cc(C)cc(Oc4c(C)cc(Cl)cc4C)c3)c2s1. The van der Waals surface area contributed by atoms with E-state index in [1.54, 1.807) is 17.7 Å². The predicted molar refractivity (Wildman–Crippen MR) is 141 cm³/mol. The molecule has 176 valence electrons. The first-order valence-electron chi connectivity index (χ1n) is 11.2. The second kappa shape index (κ2) is 9.65. The number of amides is 1. The highest BCUT2D eigenvalue weighted by atomic mass is 35.5. The van der Waals surface area contributed by atoms with Crippen LogP contribution in [0.25, 0.3) is 21.2 Å². The number of halogens is 1. The molecule has 7 heteroatoms. The topological polar surface area (TPSA) is 60.3 Å². The Morgan fingerprint density at radius 1 is 1.09 bits per heavy atom. The molecule has 0 fully saturated rings. The van der Waals surface area contributed by atoms with Crippen molar-refractivity contribution in [3.63, 3.8) is 0 Å². The van der Waals surface area contributed by atoms with Crippen molar-refractivity contribution in [3.05, 3.63) is 79.5 Å². The Hall–Kier alpha value is -3.09. The van der Waals surface area contributed by atoms with Crippen molar-refractivity contribution in [2.75, 3.05) is 6.54 Å². The highest BCUT2D eigenvalue weighted by Crippen LogP contribution is 2.37. The van der Waals surface area contributed by atoms with E-state index in [0.29, 0.717) is 27.6 Å². The van der Waals surface area contributed by atoms with Crippen LogP contribution in [-0.2, 0) is 7.05 Å². The van der Waals surface area contributed by atoms with Gasteiger partial charge in [-0.2, -0.15) is 0 Å². The van der Waals surface area contributed by atoms with E-state index in [-0.39, 0.29) is 11.5 Å². The lowest BCUT2D eigenvalue weighted by molar-refractivity contribution is 0.0958. The molecule has 2 aromatic carbocycles. The predicted octanol–water partition coefficient (Wildman–Crippen LogP) is 6.78. The van der Waals surface area contributed by atoms with Gasteiger partial charge in [0, 0.05) is 35.1 Å². The molecule has 1 amide bonds. The zero-order chi connectivity index (χ0) is 24.6. The van der Waals surface area contributed by atoms with Gasteiger partial charge in [-0.05, 0) is 79.8 Å². The lowest BCUT2D eigenvalue weighted by atomic mass is 10.0. The fourth-order valence-corrected chi connectivity index (χ4v) is 5.46. The quantitative estimate of drug-likeness (QED) is 0.321. The van der Waals surface area contributed by atoms with Gasteiger partial charge in [0.25, 0.3) is 11.5 Å². The number of aromatic nitrogens is 1. The Labute approximate surface area is 208 Å². The maximum atomic E-state index is 12.8. The largest absolute Gasteiger partial charge is 0.457 e. The number of ether oxygens (including phenoxy) is 1. The first kappa shape index (κ1) is 24.0. The molecule has 0 aliphatic rings. The van der Waals surface area contributed by atoms with Crippen LogP contribution >= 0.6 is 22.9 Å². The van der Waals surface area contributed by atoms with Gasteiger partial charge >= 0.3 is 0 Å². The number of rotatable bonds is 6. The van der Waals surface area contributed by atoms with Gasteiger partial charge < -0.3 is 14.6 Å². The molecule has 2 aromatic heterocycles. The number of carbonyl (C=O) groups excluding carboxylic acids is 1. The molecule has 5 nitrogen and oxygen atoms in total. The van der Waals surface area contributed by atoms with Gasteiger partial charge in [0.05, 0.1) is 10.3 Å². The Morgan fingerprint density at radius 3 is 2.47 bits per heavy atom. The molecular weight excluding hydrogens is 468 g/mol. The summed E-state index contributed by atoms with van der Waals surface area (Å²) in [5.41, 5.74) is 4.62. The van der Waals surface area contributed by atoms with Gasteiger partial charge in [-0.15, -0.1) is 11.3 Å². The number of fused-ring (bicyclic) bond motifs is 1. The second-order valence-corrected chi connectivity index (χ2v) is 10.1. The number of hydrogen-bond donors (Lipinski definition) is 1. The van der Waals surface area contributed by atoms with E-state index < -0.39 is 0 Å². The summed E-state index contributed by atoms with van der Waals surface area (Å²) in [4.78, 5) is 26.0. The van der Waals surface area contributed by atoms with E-state index in [1.165, 1.54) is 11.3 Å². The number of pyridine rings is 1. The maximum absolute atomic E-state index is 12.8. The molecule has 0 unspecified atom stereocenters. The summed E-state index contributed by atoms with van der Waals surface area (Å²) < 4.78 is 8.66. The summed E-state index contributed by atoms with van der Waals surface area (Å²) >= 11 is 7.52. The molecule has 0 aliphatic heterocycles. The summed E-state index contributed by atoms with van der Waals surface area (Å²) in [5.74, 6) is 1.32. The number of hydrogen-bond acceptors (Lipinski definition) is 4. The third-order valence-corrected chi connectivity index (χ3v) is 7.00. The fourth-order valence-electron chi connectivity index (χ4n) is 4.03. The van der Waals surface area contributed by atoms with Gasteiger partial charge in [-0.25, -0.2) is 0 Å². The van der Waals surface area contributed by atoms with Crippen LogP contribution in [0.15, 0.2) is 47.4 Å². The normalized spacial score (nSPS) is 11.1. The molecule has 0 bridgehead atoms. The zero-order valence-electron chi connectivity index (χ0n) is 19.9. The van der Waals surface area contributed by atoms with Crippen molar-refractivity contribution in [1.29, 1.82) is 0 Å². The molecular formula is C27H27ClN2O3S. The average molecular weight is 495 g/mol. The number of benzene rings is 2. The minimum atomic E-state index is -0.155. The number of aryl methyl sites for hydroxylation is 4. The van der Waals surface area contributed by atoms with Crippen molar-refractivity contribution < 1.29 is 9.53 Å². The molecule has 0 saturated heterocycles. The monoisotopic (exact) mass is 494 g/mol. The fraction of sp³-hybridized carbons (Fsp3) is 0.259. The molecule has 0 atom stereocenters. The van der Waals surface area contributed by atoms with Gasteiger partial charge in [-0.3, -0.25) is 9.59 Å². The van der Waals surface area contributed by atoms with E-state index in [4.69, 9.17) is 16.3 Å². The Morgan fingerprint density at radius 2 is 1.79 bits per heavy atom. The molecule has 4 rings (SSSR count). The Kier molecular flexibility index (Phi) is 6.82. The third-order valence-electron chi connectivity index (χ3n) is 5.62. The number of nitrogens with one attached hydrogen (secondary N) is 1.